The first-order valence-corrected chi connectivity index (χ1v) is 13.7. The number of hydrogen-bond acceptors (Lipinski definition) is 6. The summed E-state index contributed by atoms with van der Waals surface area (Å²) in [6.45, 7) is 0.212. The van der Waals surface area contributed by atoms with E-state index >= 15 is 0 Å². The summed E-state index contributed by atoms with van der Waals surface area (Å²) in [4.78, 5) is 11.0. The van der Waals surface area contributed by atoms with Crippen LogP contribution in [0.25, 0.3) is 0 Å². The molecule has 0 saturated heterocycles. The molecule has 0 radical (unpaired) electrons. The number of hydrogen-bond donors (Lipinski definition) is 2. The van der Waals surface area contributed by atoms with E-state index in [4.69, 9.17) is 5.11 Å². The maximum absolute atomic E-state index is 12.8. The van der Waals surface area contributed by atoms with E-state index < -0.39 is 25.8 Å². The molecule has 4 rings (SSSR count). The van der Waals surface area contributed by atoms with Gasteiger partial charge in [0.15, 0.2) is 0 Å². The average molecular weight is 492 g/mol. The maximum atomic E-state index is 12.8. The van der Waals surface area contributed by atoms with Gasteiger partial charge in [-0.25, -0.2) is 21.6 Å². The molecule has 10 heteroatoms. The minimum Gasteiger partial charge on any atom is -0.481 e. The van der Waals surface area contributed by atoms with Crippen LogP contribution >= 0.6 is 11.3 Å². The van der Waals surface area contributed by atoms with Crippen molar-refractivity contribution in [3.63, 3.8) is 0 Å². The minimum atomic E-state index is -3.85. The van der Waals surface area contributed by atoms with Crippen molar-refractivity contribution in [3.8, 4) is 0 Å². The first-order chi connectivity index (χ1) is 15.1. The lowest BCUT2D eigenvalue weighted by Crippen LogP contribution is -2.29. The standard InChI is InChI=1S/C22H21NO6S3/c24-20(25)13-15-6-7-17-11-16(12-18(17)10-15)14-23-32(28,29)22-9-8-21(30-22)31(26,27)19-4-2-1-3-5-19/h1-10,16,23H,11-14H2,(H,24,25). The molecule has 2 N–H and O–H groups in total. The highest BCUT2D eigenvalue weighted by molar-refractivity contribution is 7.95. The Morgan fingerprint density at radius 1 is 0.938 bits per heavy atom. The quantitative estimate of drug-likeness (QED) is 0.500. The zero-order chi connectivity index (χ0) is 22.9. The third kappa shape index (κ3) is 4.78. The lowest BCUT2D eigenvalue weighted by atomic mass is 10.0. The van der Waals surface area contributed by atoms with Crippen LogP contribution in [0.4, 0.5) is 0 Å². The van der Waals surface area contributed by atoms with Crippen molar-refractivity contribution >= 4 is 37.2 Å². The molecule has 0 aliphatic heterocycles. The van der Waals surface area contributed by atoms with Crippen LogP contribution < -0.4 is 4.72 Å². The summed E-state index contributed by atoms with van der Waals surface area (Å²) in [5, 5.41) is 8.95. The van der Waals surface area contributed by atoms with Gasteiger partial charge in [-0.15, -0.1) is 11.3 Å². The Labute approximate surface area is 190 Å². The fourth-order valence-electron chi connectivity index (χ4n) is 3.80. The van der Waals surface area contributed by atoms with Gasteiger partial charge in [0.2, 0.25) is 19.9 Å². The highest BCUT2D eigenvalue weighted by Gasteiger charge is 2.27. The summed E-state index contributed by atoms with van der Waals surface area (Å²) in [5.41, 5.74) is 2.86. The van der Waals surface area contributed by atoms with Crippen LogP contribution in [-0.4, -0.2) is 34.5 Å². The molecule has 1 atom stereocenters. The van der Waals surface area contributed by atoms with Crippen LogP contribution in [0.3, 0.4) is 0 Å². The molecule has 0 saturated carbocycles. The Balaban J connectivity index is 1.43. The molecule has 1 aliphatic carbocycles. The lowest BCUT2D eigenvalue weighted by Gasteiger charge is -2.10. The molecule has 1 aromatic heterocycles. The molecule has 168 valence electrons. The van der Waals surface area contributed by atoms with Gasteiger partial charge in [0.25, 0.3) is 0 Å². The predicted molar refractivity (Wildman–Crippen MR) is 120 cm³/mol. The maximum Gasteiger partial charge on any atom is 0.307 e. The zero-order valence-electron chi connectivity index (χ0n) is 16.9. The van der Waals surface area contributed by atoms with Gasteiger partial charge in [-0.3, -0.25) is 4.79 Å². The van der Waals surface area contributed by atoms with Gasteiger partial charge in [-0.1, -0.05) is 36.4 Å². The number of sulfone groups is 1. The summed E-state index contributed by atoms with van der Waals surface area (Å²) in [5.74, 6) is -0.843. The second-order valence-corrected chi connectivity index (χ2v) is 12.9. The number of nitrogens with one attached hydrogen (secondary N) is 1. The zero-order valence-corrected chi connectivity index (χ0v) is 19.3. The summed E-state index contributed by atoms with van der Waals surface area (Å²) < 4.78 is 53.5. The average Bonchev–Trinajstić information content (AvgIpc) is 3.40. The Kier molecular flexibility index (Phi) is 6.22. The first-order valence-electron chi connectivity index (χ1n) is 9.87. The molecular formula is C22H21NO6S3. The Hall–Kier alpha value is -2.53. The topological polar surface area (TPSA) is 118 Å². The second kappa shape index (κ2) is 8.78. The van der Waals surface area contributed by atoms with E-state index in [0.717, 1.165) is 28.0 Å². The van der Waals surface area contributed by atoms with E-state index in [1.807, 2.05) is 12.1 Å². The molecule has 1 aliphatic rings. The van der Waals surface area contributed by atoms with E-state index in [2.05, 4.69) is 4.72 Å². The minimum absolute atomic E-state index is 0.0247. The number of carboxylic acids is 1. The number of carbonyl (C=O) groups is 1. The largest absolute Gasteiger partial charge is 0.481 e. The van der Waals surface area contributed by atoms with Crippen molar-refractivity contribution in [2.75, 3.05) is 6.54 Å². The van der Waals surface area contributed by atoms with Crippen molar-refractivity contribution in [1.29, 1.82) is 0 Å². The summed E-state index contributed by atoms with van der Waals surface area (Å²) in [6, 6.07) is 16.1. The number of fused-ring (bicyclic) bond motifs is 1. The number of sulfonamides is 1. The number of aliphatic carboxylic acids is 1. The third-order valence-electron chi connectivity index (χ3n) is 5.35. The van der Waals surface area contributed by atoms with E-state index in [1.165, 1.54) is 24.3 Å². The van der Waals surface area contributed by atoms with Crippen molar-refractivity contribution in [2.24, 2.45) is 5.92 Å². The molecular weight excluding hydrogens is 470 g/mol. The van der Waals surface area contributed by atoms with Gasteiger partial charge < -0.3 is 5.11 Å². The fourth-order valence-corrected chi connectivity index (χ4v) is 8.15. The van der Waals surface area contributed by atoms with Crippen molar-refractivity contribution in [1.82, 2.24) is 4.72 Å². The van der Waals surface area contributed by atoms with E-state index in [9.17, 15) is 21.6 Å². The highest BCUT2D eigenvalue weighted by Crippen LogP contribution is 2.31. The van der Waals surface area contributed by atoms with Crippen LogP contribution in [0.15, 0.2) is 74.0 Å². The summed E-state index contributed by atoms with van der Waals surface area (Å²) >= 11 is 0.725. The molecule has 1 heterocycles. The summed E-state index contributed by atoms with van der Waals surface area (Å²) in [6.07, 6.45) is 1.31. The normalized spacial score (nSPS) is 16.1. The Morgan fingerprint density at radius 2 is 1.62 bits per heavy atom. The Bertz CT molecular complexity index is 1360. The second-order valence-electron chi connectivity index (χ2n) is 7.69. The molecule has 0 spiro atoms. The van der Waals surface area contributed by atoms with Gasteiger partial charge in [-0.2, -0.15) is 0 Å². The highest BCUT2D eigenvalue weighted by atomic mass is 32.3. The van der Waals surface area contributed by atoms with Gasteiger partial charge in [-0.05, 0) is 59.7 Å². The fraction of sp³-hybridized carbons (Fsp3) is 0.227. The van der Waals surface area contributed by atoms with Gasteiger partial charge in [0.05, 0.1) is 11.3 Å². The molecule has 7 nitrogen and oxygen atoms in total. The molecule has 0 bridgehead atoms. The molecule has 0 fully saturated rings. The molecule has 2 aromatic carbocycles. The number of benzene rings is 2. The Morgan fingerprint density at radius 3 is 2.34 bits per heavy atom. The summed E-state index contributed by atoms with van der Waals surface area (Å²) in [7, 11) is -7.63. The van der Waals surface area contributed by atoms with Crippen molar-refractivity contribution < 1.29 is 26.7 Å². The predicted octanol–water partition coefficient (Wildman–Crippen LogP) is 2.90. The number of carboxylic acid groups (broad SMARTS) is 1. The smallest absolute Gasteiger partial charge is 0.307 e. The van der Waals surface area contributed by atoms with Crippen molar-refractivity contribution in [2.45, 2.75) is 32.6 Å². The van der Waals surface area contributed by atoms with E-state index in [0.29, 0.717) is 12.8 Å². The molecule has 32 heavy (non-hydrogen) atoms. The van der Waals surface area contributed by atoms with Crippen molar-refractivity contribution in [3.05, 3.63) is 77.4 Å². The van der Waals surface area contributed by atoms with Crippen LogP contribution in [0.2, 0.25) is 0 Å². The van der Waals surface area contributed by atoms with Crippen LogP contribution in [0, 0.1) is 5.92 Å². The number of thiophene rings is 1. The van der Waals surface area contributed by atoms with Gasteiger partial charge in [0, 0.05) is 6.54 Å². The van der Waals surface area contributed by atoms with Crippen LogP contribution in [-0.2, 0) is 43.9 Å². The van der Waals surface area contributed by atoms with Crippen LogP contribution in [0.1, 0.15) is 16.7 Å². The first kappa shape index (κ1) is 22.7. The van der Waals surface area contributed by atoms with Gasteiger partial charge >= 0.3 is 5.97 Å². The monoisotopic (exact) mass is 491 g/mol. The SMILES string of the molecule is O=C(O)Cc1ccc2c(c1)CC(CNS(=O)(=O)c1ccc(S(=O)(=O)c3ccccc3)s1)C2. The molecule has 0 amide bonds. The number of rotatable bonds is 8. The van der Waals surface area contributed by atoms with Crippen LogP contribution in [0.5, 0.6) is 0 Å². The lowest BCUT2D eigenvalue weighted by molar-refractivity contribution is -0.136. The third-order valence-corrected chi connectivity index (χ3v) is 10.6. The molecule has 3 aromatic rings. The van der Waals surface area contributed by atoms with Gasteiger partial charge in [0.1, 0.15) is 8.42 Å². The van der Waals surface area contributed by atoms with E-state index in [1.54, 1.807) is 24.3 Å². The van der Waals surface area contributed by atoms with E-state index in [-0.39, 0.29) is 32.2 Å². The molecule has 1 unspecified atom stereocenters.